The van der Waals surface area contributed by atoms with Gasteiger partial charge in [0.05, 0.1) is 15.2 Å². The topological polar surface area (TPSA) is 34.2 Å². The molecule has 1 aromatic carbocycles. The lowest BCUT2D eigenvalue weighted by atomic mass is 10.3. The highest BCUT2D eigenvalue weighted by atomic mass is 79.9. The maximum absolute atomic E-state index is 13.5. The van der Waals surface area contributed by atoms with E-state index in [1.54, 1.807) is 24.3 Å². The molecule has 0 radical (unpaired) electrons. The maximum Gasteiger partial charge on any atom is 0.219 e. The van der Waals surface area contributed by atoms with Gasteiger partial charge >= 0.3 is 0 Å². The van der Waals surface area contributed by atoms with E-state index in [1.807, 2.05) is 0 Å². The van der Waals surface area contributed by atoms with Crippen LogP contribution in [0.2, 0.25) is 5.02 Å². The second kappa shape index (κ2) is 7.73. The first-order valence-corrected chi connectivity index (χ1v) is 7.76. The van der Waals surface area contributed by atoms with E-state index < -0.39 is 0 Å². The zero-order valence-electron chi connectivity index (χ0n) is 11.5. The number of ether oxygens (including phenoxy) is 1. The van der Waals surface area contributed by atoms with Crippen LogP contribution in [-0.2, 0) is 6.54 Å². The number of pyridine rings is 1. The van der Waals surface area contributed by atoms with E-state index in [2.05, 4.69) is 33.2 Å². The van der Waals surface area contributed by atoms with E-state index in [0.717, 1.165) is 13.0 Å². The molecule has 21 heavy (non-hydrogen) atoms. The van der Waals surface area contributed by atoms with Crippen LogP contribution in [0.5, 0.6) is 11.6 Å². The molecule has 1 heterocycles. The Kier molecular flexibility index (Phi) is 5.96. The second-order valence-corrected chi connectivity index (χ2v) is 5.69. The van der Waals surface area contributed by atoms with E-state index in [9.17, 15) is 4.39 Å². The Morgan fingerprint density at radius 2 is 2.14 bits per heavy atom. The number of rotatable bonds is 6. The monoisotopic (exact) mass is 372 g/mol. The zero-order chi connectivity index (χ0) is 15.2. The number of aromatic nitrogens is 1. The fourth-order valence-electron chi connectivity index (χ4n) is 1.69. The van der Waals surface area contributed by atoms with Gasteiger partial charge in [0.15, 0.2) is 0 Å². The molecule has 2 aromatic rings. The van der Waals surface area contributed by atoms with Crippen LogP contribution in [0.15, 0.2) is 34.8 Å². The quantitative estimate of drug-likeness (QED) is 0.729. The first-order chi connectivity index (χ1) is 10.1. The van der Waals surface area contributed by atoms with Crippen molar-refractivity contribution in [3.05, 3.63) is 51.3 Å². The van der Waals surface area contributed by atoms with Gasteiger partial charge in [-0.3, -0.25) is 0 Å². The van der Waals surface area contributed by atoms with Crippen LogP contribution in [0, 0.1) is 5.82 Å². The van der Waals surface area contributed by atoms with Crippen LogP contribution in [0.4, 0.5) is 4.39 Å². The molecule has 2 rings (SSSR count). The third kappa shape index (κ3) is 4.66. The SMILES string of the molecule is CCCNCc1nc(Oc2ccc(Br)c(F)c2)ccc1Cl. The van der Waals surface area contributed by atoms with Gasteiger partial charge in [0.2, 0.25) is 5.88 Å². The normalized spacial score (nSPS) is 10.7. The van der Waals surface area contributed by atoms with E-state index in [0.29, 0.717) is 33.4 Å². The van der Waals surface area contributed by atoms with Gasteiger partial charge < -0.3 is 10.1 Å². The van der Waals surface area contributed by atoms with Gasteiger partial charge in [-0.25, -0.2) is 9.37 Å². The summed E-state index contributed by atoms with van der Waals surface area (Å²) >= 11 is 9.20. The van der Waals surface area contributed by atoms with Crippen molar-refractivity contribution in [1.29, 1.82) is 0 Å². The number of nitrogens with one attached hydrogen (secondary N) is 1. The summed E-state index contributed by atoms with van der Waals surface area (Å²) in [4.78, 5) is 4.34. The third-order valence-electron chi connectivity index (χ3n) is 2.73. The van der Waals surface area contributed by atoms with Crippen LogP contribution >= 0.6 is 27.5 Å². The highest BCUT2D eigenvalue weighted by Crippen LogP contribution is 2.26. The van der Waals surface area contributed by atoms with Crippen molar-refractivity contribution < 1.29 is 9.13 Å². The number of halogens is 3. The minimum atomic E-state index is -0.383. The molecule has 6 heteroatoms. The molecule has 0 aliphatic rings. The summed E-state index contributed by atoms with van der Waals surface area (Å²) in [5.74, 6) is 0.388. The van der Waals surface area contributed by atoms with Crippen molar-refractivity contribution in [1.82, 2.24) is 10.3 Å². The molecule has 1 N–H and O–H groups in total. The molecule has 112 valence electrons. The summed E-state index contributed by atoms with van der Waals surface area (Å²) in [5.41, 5.74) is 0.709. The Bertz CT molecular complexity index is 625. The fourth-order valence-corrected chi connectivity index (χ4v) is 2.11. The van der Waals surface area contributed by atoms with Crippen molar-refractivity contribution in [2.45, 2.75) is 19.9 Å². The third-order valence-corrected chi connectivity index (χ3v) is 3.71. The molecule has 0 spiro atoms. The van der Waals surface area contributed by atoms with E-state index >= 15 is 0 Å². The maximum atomic E-state index is 13.5. The summed E-state index contributed by atoms with van der Waals surface area (Å²) < 4.78 is 19.4. The lowest BCUT2D eigenvalue weighted by Crippen LogP contribution is -2.15. The molecular formula is C15H15BrClFN2O. The van der Waals surface area contributed by atoms with E-state index in [1.165, 1.54) is 6.07 Å². The fraction of sp³-hybridized carbons (Fsp3) is 0.267. The predicted octanol–water partition coefficient (Wildman–Crippen LogP) is 4.93. The predicted molar refractivity (Wildman–Crippen MR) is 85.4 cm³/mol. The van der Waals surface area contributed by atoms with Crippen molar-refractivity contribution in [2.75, 3.05) is 6.54 Å². The Hall–Kier alpha value is -1.17. The number of nitrogens with zero attached hydrogens (tertiary/aromatic N) is 1. The average molecular weight is 374 g/mol. The molecule has 0 unspecified atom stereocenters. The van der Waals surface area contributed by atoms with Gasteiger partial charge in [-0.1, -0.05) is 18.5 Å². The van der Waals surface area contributed by atoms with Crippen LogP contribution < -0.4 is 10.1 Å². The number of benzene rings is 1. The lowest BCUT2D eigenvalue weighted by molar-refractivity contribution is 0.454. The molecular weight excluding hydrogens is 359 g/mol. The van der Waals surface area contributed by atoms with Gasteiger partial charge in [0.1, 0.15) is 11.6 Å². The summed E-state index contributed by atoms with van der Waals surface area (Å²) in [6.07, 6.45) is 1.03. The van der Waals surface area contributed by atoms with Gasteiger partial charge in [-0.05, 0) is 47.1 Å². The van der Waals surface area contributed by atoms with Crippen LogP contribution in [0.1, 0.15) is 19.0 Å². The average Bonchev–Trinajstić information content (AvgIpc) is 2.46. The first kappa shape index (κ1) is 16.2. The summed E-state index contributed by atoms with van der Waals surface area (Å²) in [6.45, 7) is 3.54. The molecule has 0 aliphatic heterocycles. The van der Waals surface area contributed by atoms with E-state index in [-0.39, 0.29) is 5.82 Å². The molecule has 0 saturated heterocycles. The summed E-state index contributed by atoms with van der Waals surface area (Å²) in [6, 6.07) is 7.94. The molecule has 0 aliphatic carbocycles. The molecule has 0 saturated carbocycles. The van der Waals surface area contributed by atoms with E-state index in [4.69, 9.17) is 16.3 Å². The molecule has 0 atom stereocenters. The minimum absolute atomic E-state index is 0.383. The number of hydrogen-bond acceptors (Lipinski definition) is 3. The van der Waals surface area contributed by atoms with Crippen molar-refractivity contribution >= 4 is 27.5 Å². The van der Waals surface area contributed by atoms with Crippen LogP contribution in [0.25, 0.3) is 0 Å². The highest BCUT2D eigenvalue weighted by molar-refractivity contribution is 9.10. The van der Waals surface area contributed by atoms with Crippen molar-refractivity contribution in [3.63, 3.8) is 0 Å². The summed E-state index contributed by atoms with van der Waals surface area (Å²) in [7, 11) is 0. The van der Waals surface area contributed by atoms with Gasteiger partial charge in [0.25, 0.3) is 0 Å². The lowest BCUT2D eigenvalue weighted by Gasteiger charge is -2.09. The Morgan fingerprint density at radius 1 is 1.33 bits per heavy atom. The highest BCUT2D eigenvalue weighted by Gasteiger charge is 2.07. The Balaban J connectivity index is 2.12. The van der Waals surface area contributed by atoms with Crippen molar-refractivity contribution in [3.8, 4) is 11.6 Å². The van der Waals surface area contributed by atoms with Crippen LogP contribution in [0.3, 0.4) is 0 Å². The zero-order valence-corrected chi connectivity index (χ0v) is 13.8. The smallest absolute Gasteiger partial charge is 0.219 e. The molecule has 0 amide bonds. The standard InChI is InChI=1S/C15H15BrClFN2O/c1-2-7-19-9-14-12(17)5-6-15(20-14)21-10-3-4-11(16)13(18)8-10/h3-6,8,19H,2,7,9H2,1H3. The molecule has 3 nitrogen and oxygen atoms in total. The van der Waals surface area contributed by atoms with Crippen LogP contribution in [-0.4, -0.2) is 11.5 Å². The largest absolute Gasteiger partial charge is 0.439 e. The Labute approximate surface area is 136 Å². The molecule has 0 bridgehead atoms. The van der Waals surface area contributed by atoms with Crippen molar-refractivity contribution in [2.24, 2.45) is 0 Å². The minimum Gasteiger partial charge on any atom is -0.439 e. The number of hydrogen-bond donors (Lipinski definition) is 1. The van der Waals surface area contributed by atoms with Gasteiger partial charge in [-0.15, -0.1) is 0 Å². The second-order valence-electron chi connectivity index (χ2n) is 4.43. The first-order valence-electron chi connectivity index (χ1n) is 6.59. The summed E-state index contributed by atoms with van der Waals surface area (Å²) in [5, 5.41) is 3.81. The molecule has 1 aromatic heterocycles. The molecule has 0 fully saturated rings. The Morgan fingerprint density at radius 3 is 2.86 bits per heavy atom. The van der Waals surface area contributed by atoms with Gasteiger partial charge in [0, 0.05) is 18.7 Å². The van der Waals surface area contributed by atoms with Gasteiger partial charge in [-0.2, -0.15) is 0 Å².